The van der Waals surface area contributed by atoms with Crippen LogP contribution in [0.15, 0.2) is 54.9 Å². The van der Waals surface area contributed by atoms with Crippen molar-refractivity contribution < 1.29 is 4.74 Å². The fourth-order valence-corrected chi connectivity index (χ4v) is 3.73. The van der Waals surface area contributed by atoms with Gasteiger partial charge < -0.3 is 4.74 Å². The summed E-state index contributed by atoms with van der Waals surface area (Å²) in [6.45, 7) is 6.29. The highest BCUT2D eigenvalue weighted by Gasteiger charge is 2.19. The number of aryl methyl sites for hydroxylation is 2. The monoisotopic (exact) mass is 383 g/mol. The summed E-state index contributed by atoms with van der Waals surface area (Å²) in [4.78, 5) is 9.58. The Morgan fingerprint density at radius 3 is 2.28 bits per heavy atom. The van der Waals surface area contributed by atoms with E-state index in [1.54, 1.807) is 18.0 Å². The zero-order chi connectivity index (χ0) is 20.1. The van der Waals surface area contributed by atoms with Crippen molar-refractivity contribution >= 4 is 16.7 Å². The molecule has 0 aliphatic carbocycles. The predicted molar refractivity (Wildman–Crippen MR) is 114 cm³/mol. The Morgan fingerprint density at radius 2 is 1.59 bits per heavy atom. The first-order valence-corrected chi connectivity index (χ1v) is 9.51. The van der Waals surface area contributed by atoms with Gasteiger partial charge in [-0.05, 0) is 50.6 Å². The van der Waals surface area contributed by atoms with E-state index in [0.717, 1.165) is 44.9 Å². The molecule has 0 aliphatic heterocycles. The van der Waals surface area contributed by atoms with Gasteiger partial charge in [0.15, 0.2) is 17.1 Å². The van der Waals surface area contributed by atoms with Crippen molar-refractivity contribution in [3.8, 4) is 22.8 Å². The molecule has 6 heteroatoms. The molecule has 0 saturated carbocycles. The average Bonchev–Trinajstić information content (AvgIpc) is 3.28. The maximum atomic E-state index is 5.29. The quantitative estimate of drug-likeness (QED) is 0.454. The Morgan fingerprint density at radius 1 is 0.862 bits per heavy atom. The van der Waals surface area contributed by atoms with Crippen molar-refractivity contribution in [3.05, 3.63) is 71.7 Å². The molecular formula is C23H21N5O. The van der Waals surface area contributed by atoms with Gasteiger partial charge in [-0.25, -0.2) is 14.5 Å². The molecule has 0 unspecified atom stereocenters. The fourth-order valence-electron chi connectivity index (χ4n) is 3.73. The average molecular weight is 383 g/mol. The molecule has 0 N–H and O–H groups in total. The Balaban J connectivity index is 1.74. The lowest BCUT2D eigenvalue weighted by atomic mass is 10.1. The summed E-state index contributed by atoms with van der Waals surface area (Å²) in [6, 6.07) is 16.2. The molecule has 0 radical (unpaired) electrons. The first-order chi connectivity index (χ1) is 14.1. The summed E-state index contributed by atoms with van der Waals surface area (Å²) in [7, 11) is 1.67. The Kier molecular flexibility index (Phi) is 3.87. The molecule has 0 fully saturated rings. The van der Waals surface area contributed by atoms with Crippen molar-refractivity contribution in [1.82, 2.24) is 24.1 Å². The van der Waals surface area contributed by atoms with Crippen LogP contribution < -0.4 is 4.74 Å². The second kappa shape index (κ2) is 6.44. The van der Waals surface area contributed by atoms with Gasteiger partial charge in [0, 0.05) is 16.9 Å². The molecule has 2 aromatic carbocycles. The van der Waals surface area contributed by atoms with Crippen molar-refractivity contribution in [2.45, 2.75) is 20.8 Å². The van der Waals surface area contributed by atoms with E-state index in [1.165, 1.54) is 5.56 Å². The molecule has 0 atom stereocenters. The van der Waals surface area contributed by atoms with E-state index in [-0.39, 0.29) is 0 Å². The largest absolute Gasteiger partial charge is 0.497 e. The lowest BCUT2D eigenvalue weighted by Crippen LogP contribution is -1.99. The minimum atomic E-state index is 0.702. The lowest BCUT2D eigenvalue weighted by molar-refractivity contribution is 0.415. The van der Waals surface area contributed by atoms with Crippen LogP contribution in [0.5, 0.6) is 5.75 Å². The molecule has 0 amide bonds. The Hall–Kier alpha value is -3.67. The lowest BCUT2D eigenvalue weighted by Gasteiger charge is -2.08. The van der Waals surface area contributed by atoms with E-state index >= 15 is 0 Å². The van der Waals surface area contributed by atoms with Gasteiger partial charge in [-0.15, -0.1) is 5.10 Å². The number of ether oxygens (including phenoxy) is 1. The smallest absolute Gasteiger partial charge is 0.182 e. The molecule has 6 nitrogen and oxygen atoms in total. The van der Waals surface area contributed by atoms with Gasteiger partial charge in [0.1, 0.15) is 12.1 Å². The SMILES string of the molecule is COc1ccc(-n2c(C)c(C)c3c2ncn2nc(-c4ccc(C)cc4)nc32)cc1. The van der Waals surface area contributed by atoms with Gasteiger partial charge in [-0.2, -0.15) is 0 Å². The number of methoxy groups -OCH3 is 1. The highest BCUT2D eigenvalue weighted by atomic mass is 16.5. The Labute approximate surface area is 168 Å². The van der Waals surface area contributed by atoms with Crippen LogP contribution in [0.25, 0.3) is 33.8 Å². The van der Waals surface area contributed by atoms with Gasteiger partial charge in [0.25, 0.3) is 0 Å². The number of fused-ring (bicyclic) bond motifs is 3. The minimum absolute atomic E-state index is 0.702. The third-order valence-electron chi connectivity index (χ3n) is 5.47. The van der Waals surface area contributed by atoms with Crippen LogP contribution in [-0.2, 0) is 0 Å². The maximum Gasteiger partial charge on any atom is 0.182 e. The van der Waals surface area contributed by atoms with E-state index in [9.17, 15) is 0 Å². The Bertz CT molecular complexity index is 1340. The van der Waals surface area contributed by atoms with Gasteiger partial charge in [-0.1, -0.05) is 29.8 Å². The predicted octanol–water partition coefficient (Wildman–Crippen LogP) is 4.67. The van der Waals surface area contributed by atoms with Crippen molar-refractivity contribution in [3.63, 3.8) is 0 Å². The van der Waals surface area contributed by atoms with E-state index < -0.39 is 0 Å². The number of aromatic nitrogens is 5. The van der Waals surface area contributed by atoms with Crippen molar-refractivity contribution in [2.24, 2.45) is 0 Å². The zero-order valence-corrected chi connectivity index (χ0v) is 16.8. The van der Waals surface area contributed by atoms with E-state index in [2.05, 4.69) is 54.7 Å². The molecule has 0 spiro atoms. The highest BCUT2D eigenvalue weighted by Crippen LogP contribution is 2.31. The second-order valence-corrected chi connectivity index (χ2v) is 7.26. The van der Waals surface area contributed by atoms with Crippen LogP contribution in [0.1, 0.15) is 16.8 Å². The maximum absolute atomic E-state index is 5.29. The minimum Gasteiger partial charge on any atom is -0.497 e. The third kappa shape index (κ3) is 2.68. The van der Waals surface area contributed by atoms with E-state index in [4.69, 9.17) is 14.7 Å². The summed E-state index contributed by atoms with van der Waals surface area (Å²) < 4.78 is 9.21. The topological polar surface area (TPSA) is 57.2 Å². The summed E-state index contributed by atoms with van der Waals surface area (Å²) in [5.74, 6) is 1.53. The molecule has 3 aromatic heterocycles. The molecule has 3 heterocycles. The fraction of sp³-hybridized carbons (Fsp3) is 0.174. The summed E-state index contributed by atoms with van der Waals surface area (Å²) in [6.07, 6.45) is 1.74. The number of benzene rings is 2. The van der Waals surface area contributed by atoms with Crippen molar-refractivity contribution in [2.75, 3.05) is 7.11 Å². The summed E-state index contributed by atoms with van der Waals surface area (Å²) in [5, 5.41) is 5.68. The molecular weight excluding hydrogens is 362 g/mol. The standard InChI is InChI=1S/C23H21N5O/c1-14-5-7-17(8-6-14)21-25-23-20-15(2)16(3)28(22(20)24-13-27(23)26-21)18-9-11-19(29-4)12-10-18/h5-13H,1-4H3. The molecule has 29 heavy (non-hydrogen) atoms. The zero-order valence-electron chi connectivity index (χ0n) is 16.8. The van der Waals surface area contributed by atoms with E-state index in [0.29, 0.717) is 5.82 Å². The second-order valence-electron chi connectivity index (χ2n) is 7.26. The molecule has 5 aromatic rings. The number of nitrogens with zero attached hydrogens (tertiary/aromatic N) is 5. The number of hydrogen-bond acceptors (Lipinski definition) is 4. The van der Waals surface area contributed by atoms with Crippen LogP contribution in [0.4, 0.5) is 0 Å². The molecule has 0 saturated heterocycles. The molecule has 0 aliphatic rings. The van der Waals surface area contributed by atoms with Gasteiger partial charge in [0.2, 0.25) is 0 Å². The van der Waals surface area contributed by atoms with Gasteiger partial charge in [0.05, 0.1) is 12.5 Å². The normalized spacial score (nSPS) is 11.4. The van der Waals surface area contributed by atoms with Crippen LogP contribution in [-0.4, -0.2) is 31.3 Å². The number of rotatable bonds is 3. The van der Waals surface area contributed by atoms with Gasteiger partial charge >= 0.3 is 0 Å². The van der Waals surface area contributed by atoms with Crippen molar-refractivity contribution in [1.29, 1.82) is 0 Å². The summed E-state index contributed by atoms with van der Waals surface area (Å²) in [5.41, 5.74) is 7.22. The molecule has 144 valence electrons. The third-order valence-corrected chi connectivity index (χ3v) is 5.47. The first kappa shape index (κ1) is 17.4. The molecule has 5 rings (SSSR count). The van der Waals surface area contributed by atoms with Crippen LogP contribution in [0.3, 0.4) is 0 Å². The van der Waals surface area contributed by atoms with Gasteiger partial charge in [-0.3, -0.25) is 4.57 Å². The molecule has 0 bridgehead atoms. The van der Waals surface area contributed by atoms with Crippen LogP contribution in [0.2, 0.25) is 0 Å². The first-order valence-electron chi connectivity index (χ1n) is 9.51. The van der Waals surface area contributed by atoms with E-state index in [1.807, 2.05) is 24.3 Å². The highest BCUT2D eigenvalue weighted by molar-refractivity contribution is 5.95. The summed E-state index contributed by atoms with van der Waals surface area (Å²) >= 11 is 0. The van der Waals surface area contributed by atoms with Crippen LogP contribution in [0, 0.1) is 20.8 Å². The number of hydrogen-bond donors (Lipinski definition) is 0. The van der Waals surface area contributed by atoms with Crippen LogP contribution >= 0.6 is 0 Å².